The Bertz CT molecular complexity index is 291. The lowest BCUT2D eigenvalue weighted by Crippen LogP contribution is -1.85. The molecule has 0 aromatic carbocycles. The van der Waals surface area contributed by atoms with Crippen molar-refractivity contribution in [1.82, 2.24) is 0 Å². The third-order valence-electron chi connectivity index (χ3n) is 1.11. The van der Waals surface area contributed by atoms with E-state index >= 15 is 0 Å². The fraction of sp³-hybridized carbons (Fsp3) is 0.111. The van der Waals surface area contributed by atoms with Crippen LogP contribution in [0.15, 0.2) is 34.6 Å². The lowest BCUT2D eigenvalue weighted by molar-refractivity contribution is 0.339. The summed E-state index contributed by atoms with van der Waals surface area (Å²) in [4.78, 5) is 1.96. The Balaban J connectivity index is 2.66. The van der Waals surface area contributed by atoms with Crippen molar-refractivity contribution >= 4 is 21.6 Å². The van der Waals surface area contributed by atoms with Gasteiger partial charge in [-0.15, -0.1) is 0 Å². The maximum atomic E-state index is 8.77. The fourth-order valence-corrected chi connectivity index (χ4v) is 2.39. The van der Waals surface area contributed by atoms with Gasteiger partial charge in [-0.25, -0.2) is 0 Å². The summed E-state index contributed by atoms with van der Waals surface area (Å²) in [6.45, 7) is 3.61. The lowest BCUT2D eigenvalue weighted by Gasteiger charge is -2.05. The Labute approximate surface area is 80.0 Å². The summed E-state index contributed by atoms with van der Waals surface area (Å²) in [5.74, 6) is 5.70. The highest BCUT2D eigenvalue weighted by Crippen LogP contribution is 2.39. The van der Waals surface area contributed by atoms with Gasteiger partial charge in [-0.05, 0) is 29.0 Å². The highest BCUT2D eigenvalue weighted by Gasteiger charge is 2.04. The molecule has 1 nitrogen and oxygen atoms in total. The largest absolute Gasteiger partial charge is 0.391 e. The number of rotatable bonds is 1. The molecule has 1 N–H and O–H groups in total. The smallest absolute Gasteiger partial charge is 0.0749 e. The van der Waals surface area contributed by atoms with E-state index in [9.17, 15) is 0 Å². The van der Waals surface area contributed by atoms with Crippen LogP contribution in [0.25, 0.3) is 0 Å². The molecule has 0 aromatic rings. The van der Waals surface area contributed by atoms with Gasteiger partial charge < -0.3 is 5.11 Å². The minimum Gasteiger partial charge on any atom is -0.391 e. The minimum atomic E-state index is 0.107. The second kappa shape index (κ2) is 5.15. The third-order valence-corrected chi connectivity index (χ3v) is 3.52. The van der Waals surface area contributed by atoms with Crippen LogP contribution in [0.5, 0.6) is 0 Å². The van der Waals surface area contributed by atoms with Gasteiger partial charge in [0.15, 0.2) is 0 Å². The van der Waals surface area contributed by atoms with E-state index in [1.165, 1.54) is 0 Å². The monoisotopic (exact) mass is 196 g/mol. The lowest BCUT2D eigenvalue weighted by atomic mass is 10.4. The van der Waals surface area contributed by atoms with Crippen molar-refractivity contribution in [1.29, 1.82) is 0 Å². The Kier molecular flexibility index (Phi) is 4.09. The van der Waals surface area contributed by atoms with Crippen LogP contribution in [-0.2, 0) is 0 Å². The Morgan fingerprint density at radius 1 is 1.50 bits per heavy atom. The first-order chi connectivity index (χ1) is 5.86. The van der Waals surface area contributed by atoms with E-state index in [1.54, 1.807) is 27.7 Å². The zero-order chi connectivity index (χ0) is 8.81. The molecule has 0 spiro atoms. The van der Waals surface area contributed by atoms with Crippen molar-refractivity contribution in [2.75, 3.05) is 6.61 Å². The highest BCUT2D eigenvalue weighted by atomic mass is 33.1. The van der Waals surface area contributed by atoms with Crippen molar-refractivity contribution in [2.45, 2.75) is 0 Å². The molecular weight excluding hydrogens is 188 g/mol. The van der Waals surface area contributed by atoms with Crippen molar-refractivity contribution in [2.24, 2.45) is 0 Å². The molecule has 0 bridgehead atoms. The standard InChI is InChI=1S/C9H8OS2/c1-2-3-4-8-5-6-9(7-10)12-11-8/h2,5-6,10H,1,7H2. The number of aliphatic hydroxyl groups excluding tert-OH is 1. The van der Waals surface area contributed by atoms with Crippen LogP contribution in [0.2, 0.25) is 0 Å². The SMILES string of the molecule is C=CC#CC1=CC=C(CO)SS1. The number of hydrogen-bond acceptors (Lipinski definition) is 3. The van der Waals surface area contributed by atoms with E-state index in [0.717, 1.165) is 9.81 Å². The van der Waals surface area contributed by atoms with Gasteiger partial charge in [-0.3, -0.25) is 0 Å². The molecule has 3 heteroatoms. The molecule has 1 rings (SSSR count). The number of allylic oxidation sites excluding steroid dienone is 4. The average Bonchev–Trinajstić information content (AvgIpc) is 2.15. The molecule has 0 saturated carbocycles. The molecule has 1 aliphatic rings. The van der Waals surface area contributed by atoms with Gasteiger partial charge in [0.25, 0.3) is 0 Å². The van der Waals surface area contributed by atoms with Crippen molar-refractivity contribution in [3.63, 3.8) is 0 Å². The van der Waals surface area contributed by atoms with Gasteiger partial charge in [0.1, 0.15) is 0 Å². The first kappa shape index (κ1) is 9.53. The molecule has 0 atom stereocenters. The zero-order valence-electron chi connectivity index (χ0n) is 6.41. The summed E-state index contributed by atoms with van der Waals surface area (Å²) in [5.41, 5.74) is 0. The molecule has 0 aliphatic carbocycles. The molecular formula is C9H8OS2. The predicted octanol–water partition coefficient (Wildman–Crippen LogP) is 2.33. The van der Waals surface area contributed by atoms with Crippen molar-refractivity contribution in [3.05, 3.63) is 34.6 Å². The Morgan fingerprint density at radius 3 is 2.83 bits per heavy atom. The summed E-state index contributed by atoms with van der Waals surface area (Å²) < 4.78 is 0. The summed E-state index contributed by atoms with van der Waals surface area (Å²) in [6.07, 6.45) is 5.36. The van der Waals surface area contributed by atoms with Crippen LogP contribution in [0, 0.1) is 11.8 Å². The van der Waals surface area contributed by atoms with Gasteiger partial charge in [-0.1, -0.05) is 29.2 Å². The van der Waals surface area contributed by atoms with Crippen LogP contribution in [0.4, 0.5) is 0 Å². The van der Waals surface area contributed by atoms with Gasteiger partial charge in [0.2, 0.25) is 0 Å². The van der Waals surface area contributed by atoms with Crippen LogP contribution in [-0.4, -0.2) is 11.7 Å². The molecule has 0 fully saturated rings. The summed E-state index contributed by atoms with van der Waals surface area (Å²) in [5, 5.41) is 8.77. The van der Waals surface area contributed by atoms with E-state index in [-0.39, 0.29) is 6.61 Å². The van der Waals surface area contributed by atoms with E-state index in [4.69, 9.17) is 5.11 Å². The summed E-state index contributed by atoms with van der Waals surface area (Å²) in [6, 6.07) is 0. The van der Waals surface area contributed by atoms with Crippen LogP contribution >= 0.6 is 21.6 Å². The predicted molar refractivity (Wildman–Crippen MR) is 56.4 cm³/mol. The number of aliphatic hydroxyl groups is 1. The second-order valence-corrected chi connectivity index (χ2v) is 4.26. The van der Waals surface area contributed by atoms with E-state index in [0.29, 0.717) is 0 Å². The van der Waals surface area contributed by atoms with Crippen LogP contribution < -0.4 is 0 Å². The molecule has 0 aromatic heterocycles. The third kappa shape index (κ3) is 2.82. The van der Waals surface area contributed by atoms with Gasteiger partial charge in [-0.2, -0.15) is 0 Å². The van der Waals surface area contributed by atoms with Gasteiger partial charge >= 0.3 is 0 Å². The Morgan fingerprint density at radius 2 is 2.33 bits per heavy atom. The maximum Gasteiger partial charge on any atom is 0.0749 e. The molecule has 62 valence electrons. The Hall–Kier alpha value is -0.560. The highest BCUT2D eigenvalue weighted by molar-refractivity contribution is 8.79. The van der Waals surface area contributed by atoms with Crippen molar-refractivity contribution < 1.29 is 5.11 Å². The molecule has 0 radical (unpaired) electrons. The quantitative estimate of drug-likeness (QED) is 0.513. The molecule has 1 aliphatic heterocycles. The molecule has 0 amide bonds. The summed E-state index contributed by atoms with van der Waals surface area (Å²) >= 11 is 0. The second-order valence-electron chi connectivity index (χ2n) is 1.96. The molecule has 0 saturated heterocycles. The topological polar surface area (TPSA) is 20.2 Å². The van der Waals surface area contributed by atoms with E-state index in [2.05, 4.69) is 18.4 Å². The first-order valence-corrected chi connectivity index (χ1v) is 5.50. The normalized spacial score (nSPS) is 15.4. The average molecular weight is 196 g/mol. The van der Waals surface area contributed by atoms with Gasteiger partial charge in [0.05, 0.1) is 11.5 Å². The van der Waals surface area contributed by atoms with Crippen LogP contribution in [0.1, 0.15) is 0 Å². The summed E-state index contributed by atoms with van der Waals surface area (Å²) in [7, 11) is 3.11. The molecule has 0 unspecified atom stereocenters. The first-order valence-electron chi connectivity index (χ1n) is 3.35. The number of hydrogen-bond donors (Lipinski definition) is 1. The van der Waals surface area contributed by atoms with Crippen LogP contribution in [0.3, 0.4) is 0 Å². The fourth-order valence-electron chi connectivity index (χ4n) is 0.586. The van der Waals surface area contributed by atoms with E-state index in [1.807, 2.05) is 12.2 Å². The molecule has 1 heterocycles. The zero-order valence-corrected chi connectivity index (χ0v) is 8.04. The molecule has 12 heavy (non-hydrogen) atoms. The minimum absolute atomic E-state index is 0.107. The van der Waals surface area contributed by atoms with E-state index < -0.39 is 0 Å². The van der Waals surface area contributed by atoms with Crippen molar-refractivity contribution in [3.8, 4) is 11.8 Å². The van der Waals surface area contributed by atoms with Gasteiger partial charge in [0, 0.05) is 4.91 Å². The maximum absolute atomic E-state index is 8.77.